The van der Waals surface area contributed by atoms with E-state index in [-0.39, 0.29) is 0 Å². The lowest BCUT2D eigenvalue weighted by atomic mass is 10.0. The second-order valence-corrected chi connectivity index (χ2v) is 13.8. The van der Waals surface area contributed by atoms with E-state index in [0.29, 0.717) is 5.89 Å². The Morgan fingerprint density at radius 1 is 0.460 bits per heavy atom. The number of anilines is 3. The summed E-state index contributed by atoms with van der Waals surface area (Å²) in [4.78, 5) is 7.31. The molecule has 4 nitrogen and oxygen atoms in total. The van der Waals surface area contributed by atoms with Crippen LogP contribution >= 0.6 is 11.3 Å². The first-order valence-corrected chi connectivity index (χ1v) is 17.5. The van der Waals surface area contributed by atoms with Crippen LogP contribution in [0.5, 0.6) is 0 Å². The van der Waals surface area contributed by atoms with E-state index in [1.54, 1.807) is 0 Å². The molecule has 11 aromatic rings. The van der Waals surface area contributed by atoms with Gasteiger partial charge in [0.2, 0.25) is 5.89 Å². The Morgan fingerprint density at radius 3 is 2.14 bits per heavy atom. The second-order valence-electron chi connectivity index (χ2n) is 12.7. The lowest BCUT2D eigenvalue weighted by Gasteiger charge is -2.26. The van der Waals surface area contributed by atoms with Gasteiger partial charge in [0, 0.05) is 53.9 Å². The standard InChI is InChI=1S/C45H26N2O2S/c1-2-13-30(14-3-1)47(36-17-9-19-40-44(36)43-32-15-7-6-10-27(32)20-23-41(43)50-40)31-21-22-33-38(26-31)48-37-18-8-16-34(42(33)37)45-46-35-24-28-11-4-5-12-29(28)25-39(35)49-45/h1-26H. The molecule has 0 aliphatic rings. The fourth-order valence-electron chi connectivity index (χ4n) is 7.62. The molecule has 0 fully saturated rings. The largest absolute Gasteiger partial charge is 0.456 e. The molecule has 0 N–H and O–H groups in total. The van der Waals surface area contributed by atoms with Crippen molar-refractivity contribution >= 4 is 103 Å². The van der Waals surface area contributed by atoms with Crippen molar-refractivity contribution < 1.29 is 8.83 Å². The number of oxazole rings is 1. The molecule has 0 radical (unpaired) electrons. The van der Waals surface area contributed by atoms with E-state index < -0.39 is 0 Å². The van der Waals surface area contributed by atoms with Gasteiger partial charge in [0.15, 0.2) is 5.58 Å². The fraction of sp³-hybridized carbons (Fsp3) is 0. The molecule has 0 aliphatic carbocycles. The topological polar surface area (TPSA) is 42.4 Å². The van der Waals surface area contributed by atoms with Gasteiger partial charge in [0.25, 0.3) is 0 Å². The summed E-state index contributed by atoms with van der Waals surface area (Å²) < 4.78 is 15.6. The van der Waals surface area contributed by atoms with E-state index in [4.69, 9.17) is 13.8 Å². The van der Waals surface area contributed by atoms with Crippen LogP contribution in [0.3, 0.4) is 0 Å². The Kier molecular flexibility index (Phi) is 5.80. The number of furan rings is 1. The summed E-state index contributed by atoms with van der Waals surface area (Å²) in [5, 5.41) is 9.34. The molecule has 234 valence electrons. The maximum absolute atomic E-state index is 6.62. The van der Waals surface area contributed by atoms with Crippen LogP contribution in [-0.2, 0) is 0 Å². The van der Waals surface area contributed by atoms with Crippen molar-refractivity contribution in [3.05, 3.63) is 158 Å². The molecule has 3 heterocycles. The number of thiophene rings is 1. The summed E-state index contributed by atoms with van der Waals surface area (Å²) >= 11 is 1.85. The van der Waals surface area contributed by atoms with Gasteiger partial charge in [-0.05, 0) is 88.3 Å². The van der Waals surface area contributed by atoms with Gasteiger partial charge in [0.05, 0.1) is 5.69 Å². The van der Waals surface area contributed by atoms with Gasteiger partial charge >= 0.3 is 0 Å². The zero-order valence-corrected chi connectivity index (χ0v) is 27.4. The van der Waals surface area contributed by atoms with Crippen molar-refractivity contribution in [2.24, 2.45) is 0 Å². The maximum atomic E-state index is 6.62. The Labute approximate surface area is 290 Å². The summed E-state index contributed by atoms with van der Waals surface area (Å²) in [6.45, 7) is 0. The first-order chi connectivity index (χ1) is 24.8. The predicted octanol–water partition coefficient (Wildman–Crippen LogP) is 13.5. The monoisotopic (exact) mass is 658 g/mol. The van der Waals surface area contributed by atoms with E-state index in [0.717, 1.165) is 66.4 Å². The molecule has 50 heavy (non-hydrogen) atoms. The highest BCUT2D eigenvalue weighted by atomic mass is 32.1. The summed E-state index contributed by atoms with van der Waals surface area (Å²) in [6, 6.07) is 55.5. The Bertz CT molecular complexity index is 3060. The van der Waals surface area contributed by atoms with E-state index in [2.05, 4.69) is 138 Å². The van der Waals surface area contributed by atoms with Crippen LogP contribution in [0.15, 0.2) is 167 Å². The first-order valence-electron chi connectivity index (χ1n) is 16.7. The third-order valence-corrected chi connectivity index (χ3v) is 11.0. The van der Waals surface area contributed by atoms with Crippen LogP contribution < -0.4 is 4.90 Å². The maximum Gasteiger partial charge on any atom is 0.228 e. The van der Waals surface area contributed by atoms with Crippen LogP contribution in [0.25, 0.3) is 86.2 Å². The quantitative estimate of drug-likeness (QED) is 0.189. The molecule has 8 aromatic carbocycles. The smallest absolute Gasteiger partial charge is 0.228 e. The Morgan fingerprint density at radius 2 is 1.24 bits per heavy atom. The minimum atomic E-state index is 0.585. The number of hydrogen-bond donors (Lipinski definition) is 0. The van der Waals surface area contributed by atoms with E-state index in [1.807, 2.05) is 35.6 Å². The van der Waals surface area contributed by atoms with Crippen molar-refractivity contribution in [1.29, 1.82) is 0 Å². The summed E-state index contributed by atoms with van der Waals surface area (Å²) in [6.07, 6.45) is 0. The van der Waals surface area contributed by atoms with Crippen molar-refractivity contribution in [3.63, 3.8) is 0 Å². The van der Waals surface area contributed by atoms with E-state index in [1.165, 1.54) is 30.9 Å². The zero-order valence-electron chi connectivity index (χ0n) is 26.6. The molecular weight excluding hydrogens is 633 g/mol. The van der Waals surface area contributed by atoms with Crippen LogP contribution in [0, 0.1) is 0 Å². The van der Waals surface area contributed by atoms with Crippen LogP contribution in [-0.4, -0.2) is 4.98 Å². The molecule has 0 atom stereocenters. The molecule has 11 rings (SSSR count). The Hall–Kier alpha value is -6.43. The minimum Gasteiger partial charge on any atom is -0.456 e. The number of hydrogen-bond acceptors (Lipinski definition) is 5. The summed E-state index contributed by atoms with van der Waals surface area (Å²) in [5.41, 5.74) is 7.35. The lowest BCUT2D eigenvalue weighted by Crippen LogP contribution is -2.10. The highest BCUT2D eigenvalue weighted by Gasteiger charge is 2.22. The predicted molar refractivity (Wildman–Crippen MR) is 209 cm³/mol. The summed E-state index contributed by atoms with van der Waals surface area (Å²) in [5.74, 6) is 0.585. The van der Waals surface area contributed by atoms with Crippen LogP contribution in [0.4, 0.5) is 17.1 Å². The van der Waals surface area contributed by atoms with Crippen molar-refractivity contribution in [3.8, 4) is 11.5 Å². The van der Waals surface area contributed by atoms with Gasteiger partial charge in [-0.3, -0.25) is 0 Å². The molecule has 0 spiro atoms. The first kappa shape index (κ1) is 27.5. The number of para-hydroxylation sites is 1. The molecule has 0 saturated heterocycles. The normalized spacial score (nSPS) is 12.0. The molecular formula is C45H26N2O2S. The van der Waals surface area contributed by atoms with Crippen molar-refractivity contribution in [1.82, 2.24) is 4.98 Å². The summed E-state index contributed by atoms with van der Waals surface area (Å²) in [7, 11) is 0. The van der Waals surface area contributed by atoms with Gasteiger partial charge < -0.3 is 13.7 Å². The Balaban J connectivity index is 1.12. The number of benzene rings is 8. The molecule has 0 unspecified atom stereocenters. The fourth-order valence-corrected chi connectivity index (χ4v) is 8.76. The number of aromatic nitrogens is 1. The molecule has 5 heteroatoms. The van der Waals surface area contributed by atoms with Crippen molar-refractivity contribution in [2.75, 3.05) is 4.90 Å². The SMILES string of the molecule is c1ccc(N(c2ccc3c(c2)oc2cccc(-c4nc5cc6ccccc6cc5o4)c23)c2cccc3sc4ccc5ccccc5c4c23)cc1. The highest BCUT2D eigenvalue weighted by molar-refractivity contribution is 7.26. The average Bonchev–Trinajstić information content (AvgIpc) is 3.87. The van der Waals surface area contributed by atoms with E-state index in [9.17, 15) is 0 Å². The zero-order chi connectivity index (χ0) is 32.8. The third-order valence-electron chi connectivity index (χ3n) is 9.85. The van der Waals surface area contributed by atoms with Gasteiger partial charge in [-0.2, -0.15) is 0 Å². The molecule has 0 saturated carbocycles. The van der Waals surface area contributed by atoms with Gasteiger partial charge in [-0.25, -0.2) is 4.98 Å². The lowest BCUT2D eigenvalue weighted by molar-refractivity contribution is 0.620. The van der Waals surface area contributed by atoms with Gasteiger partial charge in [-0.1, -0.05) is 84.9 Å². The van der Waals surface area contributed by atoms with Gasteiger partial charge in [0.1, 0.15) is 16.7 Å². The molecule has 0 aliphatic heterocycles. The molecule has 0 bridgehead atoms. The molecule has 3 aromatic heterocycles. The van der Waals surface area contributed by atoms with Crippen LogP contribution in [0.2, 0.25) is 0 Å². The average molecular weight is 659 g/mol. The highest BCUT2D eigenvalue weighted by Crippen LogP contribution is 2.48. The minimum absolute atomic E-state index is 0.585. The molecule has 0 amide bonds. The van der Waals surface area contributed by atoms with E-state index >= 15 is 0 Å². The number of nitrogens with zero attached hydrogens (tertiary/aromatic N) is 2. The van der Waals surface area contributed by atoms with Crippen LogP contribution in [0.1, 0.15) is 0 Å². The number of rotatable bonds is 4. The van der Waals surface area contributed by atoms with Gasteiger partial charge in [-0.15, -0.1) is 11.3 Å². The second kappa shape index (κ2) is 10.5. The third kappa shape index (κ3) is 4.08. The van der Waals surface area contributed by atoms with Crippen molar-refractivity contribution in [2.45, 2.75) is 0 Å². The number of fused-ring (bicyclic) bond motifs is 10.